The minimum atomic E-state index is 0.752. The standard InChI is InChI=1S/C29H22N2/c1-21-20-28(26-16-12-24(13-17-26)22-8-4-2-5-9-22)31-29(30-21)27-18-14-25(15-19-27)23-10-6-3-7-11-23/h2-20H,1H3. The molecule has 0 aliphatic heterocycles. The van der Waals surface area contributed by atoms with Crippen molar-refractivity contribution >= 4 is 0 Å². The lowest BCUT2D eigenvalue weighted by Gasteiger charge is -2.09. The highest BCUT2D eigenvalue weighted by atomic mass is 14.9. The highest BCUT2D eigenvalue weighted by Gasteiger charge is 2.08. The first-order valence-electron chi connectivity index (χ1n) is 10.4. The molecule has 5 rings (SSSR count). The maximum absolute atomic E-state index is 4.87. The lowest BCUT2D eigenvalue weighted by molar-refractivity contribution is 1.12. The van der Waals surface area contributed by atoms with Crippen molar-refractivity contribution in [3.05, 3.63) is 121 Å². The predicted octanol–water partition coefficient (Wildman–Crippen LogP) is 7.45. The highest BCUT2D eigenvalue weighted by Crippen LogP contribution is 2.27. The number of hydrogen-bond acceptors (Lipinski definition) is 2. The first-order chi connectivity index (χ1) is 15.3. The number of rotatable bonds is 4. The van der Waals surface area contributed by atoms with E-state index in [4.69, 9.17) is 4.98 Å². The Morgan fingerprint density at radius 1 is 0.419 bits per heavy atom. The van der Waals surface area contributed by atoms with Crippen LogP contribution in [-0.4, -0.2) is 9.97 Å². The van der Waals surface area contributed by atoms with Crippen LogP contribution in [0.2, 0.25) is 0 Å². The lowest BCUT2D eigenvalue weighted by Crippen LogP contribution is -1.95. The molecule has 1 aromatic heterocycles. The van der Waals surface area contributed by atoms with Crippen LogP contribution >= 0.6 is 0 Å². The van der Waals surface area contributed by atoms with Crippen LogP contribution in [0.15, 0.2) is 115 Å². The Bertz CT molecular complexity index is 1190. The molecule has 5 aromatic rings. The molecule has 4 aromatic carbocycles. The zero-order chi connectivity index (χ0) is 21.0. The second-order valence-electron chi connectivity index (χ2n) is 7.60. The number of aryl methyl sites for hydroxylation is 1. The van der Waals surface area contributed by atoms with Crippen LogP contribution in [0.5, 0.6) is 0 Å². The third-order valence-corrected chi connectivity index (χ3v) is 5.39. The molecule has 31 heavy (non-hydrogen) atoms. The Labute approximate surface area is 182 Å². The minimum absolute atomic E-state index is 0.752. The monoisotopic (exact) mass is 398 g/mol. The Hall–Kier alpha value is -4.04. The predicted molar refractivity (Wildman–Crippen MR) is 129 cm³/mol. The summed E-state index contributed by atoms with van der Waals surface area (Å²) in [7, 11) is 0. The average Bonchev–Trinajstić information content (AvgIpc) is 2.85. The summed E-state index contributed by atoms with van der Waals surface area (Å²) in [5.74, 6) is 0.752. The molecule has 0 saturated carbocycles. The van der Waals surface area contributed by atoms with Crippen LogP contribution in [0.4, 0.5) is 0 Å². The topological polar surface area (TPSA) is 25.8 Å². The summed E-state index contributed by atoms with van der Waals surface area (Å²) in [6, 6.07) is 39.9. The molecular formula is C29H22N2. The summed E-state index contributed by atoms with van der Waals surface area (Å²) in [5.41, 5.74) is 8.82. The van der Waals surface area contributed by atoms with Gasteiger partial charge in [-0.15, -0.1) is 0 Å². The molecule has 0 amide bonds. The first kappa shape index (κ1) is 19.0. The second kappa shape index (κ2) is 8.37. The van der Waals surface area contributed by atoms with E-state index in [1.807, 2.05) is 25.1 Å². The van der Waals surface area contributed by atoms with E-state index in [2.05, 4.69) is 102 Å². The SMILES string of the molecule is Cc1cc(-c2ccc(-c3ccccc3)cc2)nc(-c2ccc(-c3ccccc3)cc2)n1. The van der Waals surface area contributed by atoms with Crippen molar-refractivity contribution in [2.45, 2.75) is 6.92 Å². The van der Waals surface area contributed by atoms with Crippen molar-refractivity contribution in [1.29, 1.82) is 0 Å². The molecule has 0 spiro atoms. The molecule has 0 atom stereocenters. The molecule has 2 nitrogen and oxygen atoms in total. The van der Waals surface area contributed by atoms with Crippen molar-refractivity contribution in [3.8, 4) is 44.9 Å². The van der Waals surface area contributed by atoms with Gasteiger partial charge in [-0.3, -0.25) is 0 Å². The zero-order valence-corrected chi connectivity index (χ0v) is 17.4. The number of benzene rings is 4. The van der Waals surface area contributed by atoms with Crippen LogP contribution in [0.3, 0.4) is 0 Å². The van der Waals surface area contributed by atoms with Gasteiger partial charge in [0.15, 0.2) is 5.82 Å². The maximum atomic E-state index is 4.87. The molecule has 2 heteroatoms. The van der Waals surface area contributed by atoms with Crippen molar-refractivity contribution in [3.63, 3.8) is 0 Å². The van der Waals surface area contributed by atoms with Gasteiger partial charge in [0.25, 0.3) is 0 Å². The maximum Gasteiger partial charge on any atom is 0.160 e. The summed E-state index contributed by atoms with van der Waals surface area (Å²) in [6.07, 6.45) is 0. The molecule has 1 heterocycles. The van der Waals surface area contributed by atoms with E-state index in [1.54, 1.807) is 0 Å². The molecule has 0 fully saturated rings. The van der Waals surface area contributed by atoms with Crippen LogP contribution in [0.25, 0.3) is 44.9 Å². The lowest BCUT2D eigenvalue weighted by atomic mass is 10.0. The van der Waals surface area contributed by atoms with E-state index in [0.717, 1.165) is 28.3 Å². The number of hydrogen-bond donors (Lipinski definition) is 0. The first-order valence-corrected chi connectivity index (χ1v) is 10.4. The molecule has 0 aliphatic rings. The van der Waals surface area contributed by atoms with Gasteiger partial charge in [-0.25, -0.2) is 9.97 Å². The quantitative estimate of drug-likeness (QED) is 0.314. The van der Waals surface area contributed by atoms with E-state index in [1.165, 1.54) is 22.3 Å². The summed E-state index contributed by atoms with van der Waals surface area (Å²) in [6.45, 7) is 2.02. The number of nitrogens with zero attached hydrogens (tertiary/aromatic N) is 2. The largest absolute Gasteiger partial charge is 0.233 e. The average molecular weight is 399 g/mol. The molecule has 148 valence electrons. The van der Waals surface area contributed by atoms with Gasteiger partial charge in [0.05, 0.1) is 5.69 Å². The number of aromatic nitrogens is 2. The normalized spacial score (nSPS) is 10.7. The molecule has 0 N–H and O–H groups in total. The van der Waals surface area contributed by atoms with Crippen LogP contribution < -0.4 is 0 Å². The van der Waals surface area contributed by atoms with Crippen LogP contribution in [0, 0.1) is 6.92 Å². The van der Waals surface area contributed by atoms with Gasteiger partial charge in [-0.1, -0.05) is 109 Å². The van der Waals surface area contributed by atoms with Gasteiger partial charge in [-0.05, 0) is 35.2 Å². The molecular weight excluding hydrogens is 376 g/mol. The van der Waals surface area contributed by atoms with Crippen molar-refractivity contribution in [2.24, 2.45) is 0 Å². The summed E-state index contributed by atoms with van der Waals surface area (Å²) in [5, 5.41) is 0. The molecule has 0 unspecified atom stereocenters. The summed E-state index contributed by atoms with van der Waals surface area (Å²) < 4.78 is 0. The van der Waals surface area contributed by atoms with E-state index >= 15 is 0 Å². The van der Waals surface area contributed by atoms with Gasteiger partial charge in [0, 0.05) is 16.8 Å². The van der Waals surface area contributed by atoms with Crippen molar-refractivity contribution in [1.82, 2.24) is 9.97 Å². The van der Waals surface area contributed by atoms with Gasteiger partial charge in [-0.2, -0.15) is 0 Å². The summed E-state index contributed by atoms with van der Waals surface area (Å²) in [4.78, 5) is 9.55. The van der Waals surface area contributed by atoms with Gasteiger partial charge in [0.1, 0.15) is 0 Å². The zero-order valence-electron chi connectivity index (χ0n) is 17.4. The van der Waals surface area contributed by atoms with Crippen molar-refractivity contribution < 1.29 is 0 Å². The Kier molecular flexibility index (Phi) is 5.12. The van der Waals surface area contributed by atoms with Gasteiger partial charge < -0.3 is 0 Å². The Morgan fingerprint density at radius 2 is 0.839 bits per heavy atom. The molecule has 0 aliphatic carbocycles. The van der Waals surface area contributed by atoms with Gasteiger partial charge in [0.2, 0.25) is 0 Å². The minimum Gasteiger partial charge on any atom is -0.233 e. The fraction of sp³-hybridized carbons (Fsp3) is 0.0345. The van der Waals surface area contributed by atoms with E-state index < -0.39 is 0 Å². The van der Waals surface area contributed by atoms with E-state index in [-0.39, 0.29) is 0 Å². The van der Waals surface area contributed by atoms with Crippen molar-refractivity contribution in [2.75, 3.05) is 0 Å². The van der Waals surface area contributed by atoms with Gasteiger partial charge >= 0.3 is 0 Å². The highest BCUT2D eigenvalue weighted by molar-refractivity contribution is 5.71. The third-order valence-electron chi connectivity index (χ3n) is 5.39. The summed E-state index contributed by atoms with van der Waals surface area (Å²) >= 11 is 0. The second-order valence-corrected chi connectivity index (χ2v) is 7.60. The van der Waals surface area contributed by atoms with Crippen LogP contribution in [-0.2, 0) is 0 Å². The molecule has 0 radical (unpaired) electrons. The fourth-order valence-corrected chi connectivity index (χ4v) is 3.75. The Morgan fingerprint density at radius 3 is 1.35 bits per heavy atom. The third kappa shape index (κ3) is 4.15. The fourth-order valence-electron chi connectivity index (χ4n) is 3.75. The smallest absolute Gasteiger partial charge is 0.160 e. The molecule has 0 bridgehead atoms. The van der Waals surface area contributed by atoms with E-state index in [9.17, 15) is 0 Å². The van der Waals surface area contributed by atoms with E-state index in [0.29, 0.717) is 0 Å². The Balaban J connectivity index is 1.45. The molecule has 0 saturated heterocycles. The van der Waals surface area contributed by atoms with Crippen LogP contribution in [0.1, 0.15) is 5.69 Å².